The van der Waals surface area contributed by atoms with Crippen LogP contribution in [0.4, 0.5) is 11.5 Å². The molecule has 0 saturated carbocycles. The highest BCUT2D eigenvalue weighted by molar-refractivity contribution is 5.66. The number of methoxy groups -OCH3 is 1. The standard InChI is InChI=1S/C13H25N5O2/c1-10-16-12(15-6-5-7-18(2)3)11(14)13(17-10)20-9-8-19-4/h5-9,14H2,1-4H3,(H,15,16,17). The normalized spacial score (nSPS) is 10.8. The topological polar surface area (TPSA) is 85.5 Å². The fraction of sp³-hybridized carbons (Fsp3) is 0.692. The Kier molecular flexibility index (Phi) is 7.03. The van der Waals surface area contributed by atoms with E-state index in [1.807, 2.05) is 21.0 Å². The van der Waals surface area contributed by atoms with Crippen LogP contribution in [0.3, 0.4) is 0 Å². The van der Waals surface area contributed by atoms with Crippen molar-refractivity contribution in [1.82, 2.24) is 14.9 Å². The summed E-state index contributed by atoms with van der Waals surface area (Å²) >= 11 is 0. The van der Waals surface area contributed by atoms with Crippen molar-refractivity contribution in [3.05, 3.63) is 5.82 Å². The molecule has 114 valence electrons. The van der Waals surface area contributed by atoms with Gasteiger partial charge < -0.3 is 25.4 Å². The van der Waals surface area contributed by atoms with Gasteiger partial charge in [0.05, 0.1) is 6.61 Å². The number of anilines is 2. The molecule has 1 aromatic rings. The van der Waals surface area contributed by atoms with E-state index in [4.69, 9.17) is 15.2 Å². The molecule has 7 nitrogen and oxygen atoms in total. The number of aryl methyl sites for hydroxylation is 1. The molecule has 0 aliphatic carbocycles. The highest BCUT2D eigenvalue weighted by Gasteiger charge is 2.11. The Hall–Kier alpha value is -1.60. The summed E-state index contributed by atoms with van der Waals surface area (Å²) in [5.41, 5.74) is 6.45. The Labute approximate surface area is 120 Å². The number of nitrogen functional groups attached to an aromatic ring is 1. The second-order valence-corrected chi connectivity index (χ2v) is 4.76. The van der Waals surface area contributed by atoms with Crippen LogP contribution in [0, 0.1) is 6.92 Å². The zero-order valence-electron chi connectivity index (χ0n) is 12.8. The summed E-state index contributed by atoms with van der Waals surface area (Å²) in [6, 6.07) is 0. The van der Waals surface area contributed by atoms with Crippen LogP contribution in [-0.4, -0.2) is 62.4 Å². The monoisotopic (exact) mass is 283 g/mol. The minimum atomic E-state index is 0.407. The summed E-state index contributed by atoms with van der Waals surface area (Å²) in [5, 5.41) is 3.23. The second kappa shape index (κ2) is 8.55. The maximum atomic E-state index is 6.01. The fourth-order valence-corrected chi connectivity index (χ4v) is 1.62. The largest absolute Gasteiger partial charge is 0.474 e. The number of nitrogens with two attached hydrogens (primary N) is 1. The number of hydrogen-bond donors (Lipinski definition) is 2. The van der Waals surface area contributed by atoms with E-state index in [1.165, 1.54) is 0 Å². The van der Waals surface area contributed by atoms with E-state index in [0.717, 1.165) is 19.5 Å². The van der Waals surface area contributed by atoms with E-state index >= 15 is 0 Å². The van der Waals surface area contributed by atoms with E-state index in [9.17, 15) is 0 Å². The molecule has 0 bridgehead atoms. The minimum Gasteiger partial charge on any atom is -0.474 e. The number of rotatable bonds is 9. The first-order valence-corrected chi connectivity index (χ1v) is 6.69. The Morgan fingerprint density at radius 2 is 2.00 bits per heavy atom. The third kappa shape index (κ3) is 5.58. The van der Waals surface area contributed by atoms with Crippen LogP contribution < -0.4 is 15.8 Å². The Morgan fingerprint density at radius 1 is 1.25 bits per heavy atom. The first-order valence-electron chi connectivity index (χ1n) is 6.69. The smallest absolute Gasteiger partial charge is 0.242 e. The molecule has 0 aliphatic heterocycles. The Bertz CT molecular complexity index is 412. The summed E-state index contributed by atoms with van der Waals surface area (Å²) in [7, 11) is 5.71. The lowest BCUT2D eigenvalue weighted by Crippen LogP contribution is -2.17. The van der Waals surface area contributed by atoms with Gasteiger partial charge in [0.15, 0.2) is 5.82 Å². The molecular formula is C13H25N5O2. The molecule has 0 saturated heterocycles. The zero-order valence-corrected chi connectivity index (χ0v) is 12.8. The summed E-state index contributed by atoms with van der Waals surface area (Å²) in [6.07, 6.45) is 1.01. The van der Waals surface area contributed by atoms with Crippen LogP contribution >= 0.6 is 0 Å². The molecular weight excluding hydrogens is 258 g/mol. The van der Waals surface area contributed by atoms with E-state index < -0.39 is 0 Å². The first kappa shape index (κ1) is 16.5. The summed E-state index contributed by atoms with van der Waals surface area (Å²) < 4.78 is 10.4. The maximum Gasteiger partial charge on any atom is 0.242 e. The van der Waals surface area contributed by atoms with Crippen LogP contribution in [0.1, 0.15) is 12.2 Å². The molecule has 3 N–H and O–H groups in total. The van der Waals surface area contributed by atoms with Crippen molar-refractivity contribution in [1.29, 1.82) is 0 Å². The minimum absolute atomic E-state index is 0.407. The van der Waals surface area contributed by atoms with Crippen molar-refractivity contribution in [2.45, 2.75) is 13.3 Å². The highest BCUT2D eigenvalue weighted by Crippen LogP contribution is 2.25. The Balaban J connectivity index is 2.61. The highest BCUT2D eigenvalue weighted by atomic mass is 16.5. The Morgan fingerprint density at radius 3 is 2.65 bits per heavy atom. The van der Waals surface area contributed by atoms with Crippen LogP contribution in [0.15, 0.2) is 0 Å². The maximum absolute atomic E-state index is 6.01. The lowest BCUT2D eigenvalue weighted by Gasteiger charge is -2.14. The van der Waals surface area contributed by atoms with Gasteiger partial charge in [0, 0.05) is 13.7 Å². The van der Waals surface area contributed by atoms with Crippen LogP contribution in [0.25, 0.3) is 0 Å². The third-order valence-electron chi connectivity index (χ3n) is 2.62. The average molecular weight is 283 g/mol. The van der Waals surface area contributed by atoms with Crippen molar-refractivity contribution in [2.24, 2.45) is 0 Å². The zero-order chi connectivity index (χ0) is 15.0. The predicted molar refractivity (Wildman–Crippen MR) is 80.2 cm³/mol. The lowest BCUT2D eigenvalue weighted by molar-refractivity contribution is 0.144. The number of ether oxygens (including phenoxy) is 2. The predicted octanol–water partition coefficient (Wildman–Crippen LogP) is 0.756. The van der Waals surface area contributed by atoms with Gasteiger partial charge in [-0.1, -0.05) is 0 Å². The van der Waals surface area contributed by atoms with Crippen molar-refractivity contribution in [2.75, 3.05) is 58.6 Å². The molecule has 1 aromatic heterocycles. The van der Waals surface area contributed by atoms with Gasteiger partial charge in [0.25, 0.3) is 0 Å². The molecule has 7 heteroatoms. The molecule has 20 heavy (non-hydrogen) atoms. The van der Waals surface area contributed by atoms with Crippen LogP contribution in [0.5, 0.6) is 5.88 Å². The van der Waals surface area contributed by atoms with Crippen molar-refractivity contribution in [3.8, 4) is 5.88 Å². The molecule has 0 aliphatic rings. The average Bonchev–Trinajstić information content (AvgIpc) is 2.39. The van der Waals surface area contributed by atoms with Gasteiger partial charge in [-0.2, -0.15) is 4.98 Å². The summed E-state index contributed by atoms with van der Waals surface area (Å²) in [6.45, 7) is 4.53. The number of nitrogens with one attached hydrogen (secondary N) is 1. The van der Waals surface area contributed by atoms with E-state index in [-0.39, 0.29) is 0 Å². The van der Waals surface area contributed by atoms with Gasteiger partial charge in [-0.3, -0.25) is 0 Å². The van der Waals surface area contributed by atoms with E-state index in [1.54, 1.807) is 7.11 Å². The van der Waals surface area contributed by atoms with Crippen molar-refractivity contribution in [3.63, 3.8) is 0 Å². The molecule has 0 radical (unpaired) electrons. The lowest BCUT2D eigenvalue weighted by atomic mass is 10.3. The molecule has 0 unspecified atom stereocenters. The first-order chi connectivity index (χ1) is 9.54. The van der Waals surface area contributed by atoms with Gasteiger partial charge in [0.1, 0.15) is 18.1 Å². The third-order valence-corrected chi connectivity index (χ3v) is 2.62. The molecule has 0 aromatic carbocycles. The molecule has 1 rings (SSSR count). The molecule has 0 amide bonds. The summed E-state index contributed by atoms with van der Waals surface area (Å²) in [5.74, 6) is 1.66. The van der Waals surface area contributed by atoms with Crippen LogP contribution in [0.2, 0.25) is 0 Å². The molecule has 0 spiro atoms. The van der Waals surface area contributed by atoms with Gasteiger partial charge in [-0.25, -0.2) is 4.98 Å². The van der Waals surface area contributed by atoms with Crippen LogP contribution in [-0.2, 0) is 4.74 Å². The van der Waals surface area contributed by atoms with E-state index in [0.29, 0.717) is 36.4 Å². The molecule has 1 heterocycles. The van der Waals surface area contributed by atoms with E-state index in [2.05, 4.69) is 20.2 Å². The van der Waals surface area contributed by atoms with Crippen molar-refractivity contribution < 1.29 is 9.47 Å². The molecule has 0 atom stereocenters. The van der Waals surface area contributed by atoms with Gasteiger partial charge in [-0.15, -0.1) is 0 Å². The van der Waals surface area contributed by atoms with Gasteiger partial charge in [0.2, 0.25) is 5.88 Å². The number of hydrogen-bond acceptors (Lipinski definition) is 7. The fourth-order valence-electron chi connectivity index (χ4n) is 1.62. The summed E-state index contributed by atoms with van der Waals surface area (Å²) in [4.78, 5) is 10.6. The number of nitrogens with zero attached hydrogens (tertiary/aromatic N) is 3. The SMILES string of the molecule is COCCOc1nc(C)nc(NCCCN(C)C)c1N. The van der Waals surface area contributed by atoms with Gasteiger partial charge in [-0.05, 0) is 34.0 Å². The molecule has 0 fully saturated rings. The number of aromatic nitrogens is 2. The quantitative estimate of drug-likeness (QED) is 0.647. The van der Waals surface area contributed by atoms with Crippen molar-refractivity contribution >= 4 is 11.5 Å². The second-order valence-electron chi connectivity index (χ2n) is 4.76. The van der Waals surface area contributed by atoms with Gasteiger partial charge >= 0.3 is 0 Å².